The zero-order chi connectivity index (χ0) is 9.42. The second-order valence-corrected chi connectivity index (χ2v) is 4.56. The van der Waals surface area contributed by atoms with Crippen molar-refractivity contribution in [2.24, 2.45) is 0 Å². The summed E-state index contributed by atoms with van der Waals surface area (Å²) in [5.41, 5.74) is 0. The monoisotopic (exact) mass is 185 g/mol. The quantitative estimate of drug-likeness (QED) is 0.652. The molecule has 0 amide bonds. The lowest BCUT2D eigenvalue weighted by Crippen LogP contribution is -2.47. The molecule has 3 atom stereocenters. The molecule has 0 aliphatic carbocycles. The Morgan fingerprint density at radius 3 is 2.31 bits per heavy atom. The summed E-state index contributed by atoms with van der Waals surface area (Å²) in [5, 5.41) is 18.9. The first-order valence-corrected chi connectivity index (χ1v) is 5.28. The van der Waals surface area contributed by atoms with E-state index in [0.29, 0.717) is 12.1 Å². The van der Waals surface area contributed by atoms with Crippen molar-refractivity contribution in [3.05, 3.63) is 0 Å². The fourth-order valence-corrected chi connectivity index (χ4v) is 2.85. The number of nitrogens with zero attached hydrogens (tertiary/aromatic N) is 1. The highest BCUT2D eigenvalue weighted by molar-refractivity contribution is 4.95. The van der Waals surface area contributed by atoms with Crippen molar-refractivity contribution in [2.45, 2.75) is 56.9 Å². The first kappa shape index (κ1) is 9.44. The maximum Gasteiger partial charge on any atom is 0.0639 e. The zero-order valence-electron chi connectivity index (χ0n) is 8.19. The third-order valence-electron chi connectivity index (χ3n) is 3.33. The highest BCUT2D eigenvalue weighted by Crippen LogP contribution is 2.35. The second kappa shape index (κ2) is 3.56. The van der Waals surface area contributed by atoms with E-state index in [9.17, 15) is 10.2 Å². The minimum absolute atomic E-state index is 0.0947. The van der Waals surface area contributed by atoms with Crippen LogP contribution in [0.25, 0.3) is 0 Å². The van der Waals surface area contributed by atoms with Gasteiger partial charge >= 0.3 is 0 Å². The molecule has 2 saturated heterocycles. The average molecular weight is 185 g/mol. The zero-order valence-corrected chi connectivity index (χ0v) is 8.19. The van der Waals surface area contributed by atoms with Gasteiger partial charge in [-0.05, 0) is 32.6 Å². The van der Waals surface area contributed by atoms with Crippen LogP contribution in [0.4, 0.5) is 0 Å². The molecule has 2 fully saturated rings. The fourth-order valence-electron chi connectivity index (χ4n) is 2.85. The van der Waals surface area contributed by atoms with E-state index < -0.39 is 0 Å². The van der Waals surface area contributed by atoms with Crippen LogP contribution in [0.15, 0.2) is 0 Å². The molecule has 2 heterocycles. The Kier molecular flexibility index (Phi) is 2.58. The van der Waals surface area contributed by atoms with E-state index in [0.717, 1.165) is 19.4 Å². The molecule has 0 aromatic carbocycles. The van der Waals surface area contributed by atoms with Gasteiger partial charge in [-0.2, -0.15) is 0 Å². The van der Waals surface area contributed by atoms with Gasteiger partial charge < -0.3 is 10.2 Å². The normalized spacial score (nSPS) is 42.2. The van der Waals surface area contributed by atoms with Crippen LogP contribution in [0.2, 0.25) is 0 Å². The van der Waals surface area contributed by atoms with E-state index >= 15 is 0 Å². The summed E-state index contributed by atoms with van der Waals surface area (Å²) in [6.07, 6.45) is 3.89. The lowest BCUT2D eigenvalue weighted by molar-refractivity contribution is 0.0122. The molecule has 0 aromatic rings. The maximum absolute atomic E-state index is 9.55. The van der Waals surface area contributed by atoms with Gasteiger partial charge in [0.2, 0.25) is 0 Å². The Morgan fingerprint density at radius 2 is 1.85 bits per heavy atom. The van der Waals surface area contributed by atoms with Crippen molar-refractivity contribution in [1.82, 2.24) is 4.90 Å². The van der Waals surface area contributed by atoms with Crippen LogP contribution in [0.5, 0.6) is 0 Å². The van der Waals surface area contributed by atoms with Crippen molar-refractivity contribution in [3.8, 4) is 0 Å². The first-order chi connectivity index (χ1) is 6.16. The lowest BCUT2D eigenvalue weighted by atomic mass is 9.99. The van der Waals surface area contributed by atoms with Crippen LogP contribution in [0.1, 0.15) is 32.6 Å². The molecule has 0 spiro atoms. The molecule has 0 radical (unpaired) electrons. The summed E-state index contributed by atoms with van der Waals surface area (Å²) in [6, 6.07) is 1.06. The number of hydrogen-bond acceptors (Lipinski definition) is 3. The Hall–Kier alpha value is -0.120. The number of aliphatic hydroxyl groups excluding tert-OH is 2. The Balaban J connectivity index is 1.98. The average Bonchev–Trinajstić information content (AvgIpc) is 2.32. The maximum atomic E-state index is 9.55. The molecule has 2 rings (SSSR count). The molecule has 2 unspecified atom stereocenters. The van der Waals surface area contributed by atoms with Crippen LogP contribution in [0.3, 0.4) is 0 Å². The molecule has 3 heteroatoms. The molecular formula is C10H19NO2. The van der Waals surface area contributed by atoms with E-state index in [1.54, 1.807) is 0 Å². The van der Waals surface area contributed by atoms with Gasteiger partial charge in [0.1, 0.15) is 0 Å². The summed E-state index contributed by atoms with van der Waals surface area (Å²) in [5.74, 6) is 0. The highest BCUT2D eigenvalue weighted by atomic mass is 16.3. The molecule has 2 N–H and O–H groups in total. The van der Waals surface area contributed by atoms with E-state index in [1.807, 2.05) is 6.92 Å². The summed E-state index contributed by atoms with van der Waals surface area (Å²) < 4.78 is 0. The van der Waals surface area contributed by atoms with Gasteiger partial charge in [-0.25, -0.2) is 0 Å². The summed E-state index contributed by atoms with van der Waals surface area (Å²) in [6.45, 7) is 2.62. The van der Waals surface area contributed by atoms with Gasteiger partial charge in [0.05, 0.1) is 12.2 Å². The Labute approximate surface area is 79.4 Å². The largest absolute Gasteiger partial charge is 0.393 e. The number of hydrogen-bond donors (Lipinski definition) is 2. The minimum Gasteiger partial charge on any atom is -0.393 e. The van der Waals surface area contributed by atoms with E-state index in [2.05, 4.69) is 4.90 Å². The molecule has 0 saturated carbocycles. The SMILES string of the molecule is C[C@@H](O)CN1C2CCC1CC(O)C2. The first-order valence-electron chi connectivity index (χ1n) is 5.28. The highest BCUT2D eigenvalue weighted by Gasteiger charge is 2.40. The fraction of sp³-hybridized carbons (Fsp3) is 1.00. The van der Waals surface area contributed by atoms with Crippen LogP contribution >= 0.6 is 0 Å². The van der Waals surface area contributed by atoms with Crippen molar-refractivity contribution in [1.29, 1.82) is 0 Å². The standard InChI is InChI=1S/C10H19NO2/c1-7(12)6-11-8-2-3-9(11)5-10(13)4-8/h7-10,12-13H,2-6H2,1H3/t7-,8?,9?,10?/m1/s1. The van der Waals surface area contributed by atoms with Crippen LogP contribution in [0, 0.1) is 0 Å². The Morgan fingerprint density at radius 1 is 1.31 bits per heavy atom. The van der Waals surface area contributed by atoms with Crippen molar-refractivity contribution >= 4 is 0 Å². The molecule has 2 aliphatic heterocycles. The van der Waals surface area contributed by atoms with Gasteiger partial charge in [0.25, 0.3) is 0 Å². The van der Waals surface area contributed by atoms with E-state index in [1.165, 1.54) is 12.8 Å². The molecular weight excluding hydrogens is 166 g/mol. The Bertz CT molecular complexity index is 170. The number of rotatable bonds is 2. The third kappa shape index (κ3) is 1.87. The van der Waals surface area contributed by atoms with Crippen molar-refractivity contribution in [2.75, 3.05) is 6.54 Å². The topological polar surface area (TPSA) is 43.7 Å². The van der Waals surface area contributed by atoms with Gasteiger partial charge in [0.15, 0.2) is 0 Å². The van der Waals surface area contributed by atoms with E-state index in [4.69, 9.17) is 0 Å². The minimum atomic E-state index is -0.238. The van der Waals surface area contributed by atoms with Crippen LogP contribution in [-0.2, 0) is 0 Å². The number of fused-ring (bicyclic) bond motifs is 2. The molecule has 13 heavy (non-hydrogen) atoms. The molecule has 3 nitrogen and oxygen atoms in total. The summed E-state index contributed by atoms with van der Waals surface area (Å²) in [4.78, 5) is 2.39. The van der Waals surface area contributed by atoms with Gasteiger partial charge in [-0.15, -0.1) is 0 Å². The van der Waals surface area contributed by atoms with Gasteiger partial charge in [0, 0.05) is 18.6 Å². The van der Waals surface area contributed by atoms with E-state index in [-0.39, 0.29) is 12.2 Å². The summed E-state index contributed by atoms with van der Waals surface area (Å²) >= 11 is 0. The van der Waals surface area contributed by atoms with Gasteiger partial charge in [-0.1, -0.05) is 0 Å². The van der Waals surface area contributed by atoms with Crippen LogP contribution < -0.4 is 0 Å². The van der Waals surface area contributed by atoms with Gasteiger partial charge in [-0.3, -0.25) is 4.90 Å². The summed E-state index contributed by atoms with van der Waals surface area (Å²) in [7, 11) is 0. The number of piperidine rings is 1. The van der Waals surface area contributed by atoms with Crippen LogP contribution in [-0.4, -0.2) is 45.9 Å². The second-order valence-electron chi connectivity index (χ2n) is 4.56. The molecule has 0 aromatic heterocycles. The molecule has 2 aliphatic rings. The van der Waals surface area contributed by atoms with Crippen molar-refractivity contribution in [3.63, 3.8) is 0 Å². The predicted octanol–water partition coefficient (Wildman–Crippen LogP) is 0.355. The predicted molar refractivity (Wildman–Crippen MR) is 50.4 cm³/mol. The molecule has 76 valence electrons. The third-order valence-corrected chi connectivity index (χ3v) is 3.33. The number of aliphatic hydroxyl groups is 2. The molecule has 2 bridgehead atoms. The smallest absolute Gasteiger partial charge is 0.0639 e. The van der Waals surface area contributed by atoms with Crippen molar-refractivity contribution < 1.29 is 10.2 Å². The lowest BCUT2D eigenvalue weighted by Gasteiger charge is -2.37.